The zero-order valence-corrected chi connectivity index (χ0v) is 11.6. The Labute approximate surface area is 113 Å². The minimum atomic E-state index is 0.0869. The van der Waals surface area contributed by atoms with E-state index in [1.807, 2.05) is 18.2 Å². The van der Waals surface area contributed by atoms with Crippen LogP contribution in [0.5, 0.6) is 11.8 Å². The maximum atomic E-state index is 5.65. The van der Waals surface area contributed by atoms with E-state index in [-0.39, 0.29) is 5.41 Å². The molecule has 2 N–H and O–H groups in total. The molecule has 0 unspecified atom stereocenters. The second kappa shape index (κ2) is 5.36. The van der Waals surface area contributed by atoms with Crippen molar-refractivity contribution in [3.8, 4) is 11.8 Å². The summed E-state index contributed by atoms with van der Waals surface area (Å²) in [6, 6.07) is 8.31. The highest BCUT2D eigenvalue weighted by Crippen LogP contribution is 2.27. The van der Waals surface area contributed by atoms with E-state index in [2.05, 4.69) is 36.8 Å². The fourth-order valence-corrected chi connectivity index (χ4v) is 1.63. The van der Waals surface area contributed by atoms with Gasteiger partial charge < -0.3 is 10.5 Å². The summed E-state index contributed by atoms with van der Waals surface area (Å²) in [5, 5.41) is 0. The summed E-state index contributed by atoms with van der Waals surface area (Å²) in [6.45, 7) is 6.93. The standard InChI is InChI=1S/C15H19N3O/c1-15(2,3)12-5-4-6-13(7-12)19-14-17-9-11(8-16)10-18-14/h4-7,9-10H,8,16H2,1-3H3. The number of hydrogen-bond acceptors (Lipinski definition) is 4. The summed E-state index contributed by atoms with van der Waals surface area (Å²) < 4.78 is 5.65. The number of aromatic nitrogens is 2. The average Bonchev–Trinajstić information content (AvgIpc) is 2.39. The lowest BCUT2D eigenvalue weighted by atomic mass is 9.87. The zero-order chi connectivity index (χ0) is 13.9. The van der Waals surface area contributed by atoms with Crippen LogP contribution < -0.4 is 10.5 Å². The van der Waals surface area contributed by atoms with Crippen molar-refractivity contribution in [3.05, 3.63) is 47.8 Å². The summed E-state index contributed by atoms with van der Waals surface area (Å²) in [5.41, 5.74) is 7.68. The third kappa shape index (κ3) is 3.51. The van der Waals surface area contributed by atoms with Gasteiger partial charge in [0, 0.05) is 24.5 Å². The molecule has 2 aromatic rings. The second-order valence-electron chi connectivity index (χ2n) is 5.46. The van der Waals surface area contributed by atoms with Gasteiger partial charge in [-0.25, -0.2) is 9.97 Å². The molecule has 0 bridgehead atoms. The van der Waals surface area contributed by atoms with Crippen LogP contribution in [0, 0.1) is 0 Å². The van der Waals surface area contributed by atoms with Crippen molar-refractivity contribution in [1.29, 1.82) is 0 Å². The molecule has 0 spiro atoms. The molecule has 0 radical (unpaired) electrons. The highest BCUT2D eigenvalue weighted by molar-refractivity contribution is 5.34. The number of ether oxygens (including phenoxy) is 1. The van der Waals surface area contributed by atoms with Gasteiger partial charge >= 0.3 is 6.01 Å². The molecule has 4 heteroatoms. The van der Waals surface area contributed by atoms with Crippen molar-refractivity contribution in [3.63, 3.8) is 0 Å². The van der Waals surface area contributed by atoms with Gasteiger partial charge in [-0.05, 0) is 23.1 Å². The first-order valence-corrected chi connectivity index (χ1v) is 6.28. The van der Waals surface area contributed by atoms with Crippen molar-refractivity contribution in [2.75, 3.05) is 0 Å². The number of hydrogen-bond donors (Lipinski definition) is 1. The van der Waals surface area contributed by atoms with Gasteiger partial charge in [0.25, 0.3) is 0 Å². The van der Waals surface area contributed by atoms with Gasteiger partial charge in [0.1, 0.15) is 5.75 Å². The van der Waals surface area contributed by atoms with Crippen LogP contribution in [0.3, 0.4) is 0 Å². The van der Waals surface area contributed by atoms with Crippen LogP contribution in [0.25, 0.3) is 0 Å². The van der Waals surface area contributed by atoms with E-state index in [1.165, 1.54) is 5.56 Å². The predicted molar refractivity (Wildman–Crippen MR) is 75.1 cm³/mol. The molecule has 0 saturated carbocycles. The van der Waals surface area contributed by atoms with Gasteiger partial charge in [-0.3, -0.25) is 0 Å². The third-order valence-electron chi connectivity index (χ3n) is 2.83. The Morgan fingerprint density at radius 3 is 2.42 bits per heavy atom. The number of nitrogens with two attached hydrogens (primary N) is 1. The van der Waals surface area contributed by atoms with Crippen LogP contribution in [-0.2, 0) is 12.0 Å². The summed E-state index contributed by atoms with van der Waals surface area (Å²) in [4.78, 5) is 8.25. The topological polar surface area (TPSA) is 61.0 Å². The molecule has 1 aromatic carbocycles. The Hall–Kier alpha value is -1.94. The minimum Gasteiger partial charge on any atom is -0.424 e. The molecule has 0 saturated heterocycles. The molecule has 0 aliphatic rings. The predicted octanol–water partition coefficient (Wildman–Crippen LogP) is 3.03. The van der Waals surface area contributed by atoms with E-state index >= 15 is 0 Å². The summed E-state index contributed by atoms with van der Waals surface area (Å²) in [5.74, 6) is 0.743. The van der Waals surface area contributed by atoms with Crippen LogP contribution in [0.1, 0.15) is 31.9 Å². The smallest absolute Gasteiger partial charge is 0.321 e. The summed E-state index contributed by atoms with van der Waals surface area (Å²) in [6.07, 6.45) is 3.35. The largest absolute Gasteiger partial charge is 0.424 e. The van der Waals surface area contributed by atoms with Gasteiger partial charge in [-0.1, -0.05) is 32.9 Å². The van der Waals surface area contributed by atoms with Gasteiger partial charge in [0.2, 0.25) is 0 Å². The lowest BCUT2D eigenvalue weighted by Crippen LogP contribution is -2.10. The summed E-state index contributed by atoms with van der Waals surface area (Å²) in [7, 11) is 0. The monoisotopic (exact) mass is 257 g/mol. The van der Waals surface area contributed by atoms with Crippen LogP contribution >= 0.6 is 0 Å². The number of benzene rings is 1. The number of nitrogens with zero attached hydrogens (tertiary/aromatic N) is 2. The van der Waals surface area contributed by atoms with Crippen LogP contribution in [-0.4, -0.2) is 9.97 Å². The third-order valence-corrected chi connectivity index (χ3v) is 2.83. The van der Waals surface area contributed by atoms with Crippen molar-refractivity contribution in [1.82, 2.24) is 9.97 Å². The van der Waals surface area contributed by atoms with Crippen LogP contribution in [0.4, 0.5) is 0 Å². The SMILES string of the molecule is CC(C)(C)c1cccc(Oc2ncc(CN)cn2)c1. The molecule has 0 aliphatic carbocycles. The molecule has 1 heterocycles. The Bertz CT molecular complexity index is 544. The fourth-order valence-electron chi connectivity index (χ4n) is 1.63. The Balaban J connectivity index is 2.18. The molecule has 0 atom stereocenters. The lowest BCUT2D eigenvalue weighted by molar-refractivity contribution is 0.438. The molecule has 100 valence electrons. The van der Waals surface area contributed by atoms with Crippen LogP contribution in [0.2, 0.25) is 0 Å². The molecule has 0 fully saturated rings. The van der Waals surface area contributed by atoms with Crippen molar-refractivity contribution >= 4 is 0 Å². The van der Waals surface area contributed by atoms with Crippen molar-refractivity contribution < 1.29 is 4.74 Å². The van der Waals surface area contributed by atoms with E-state index < -0.39 is 0 Å². The van der Waals surface area contributed by atoms with E-state index in [1.54, 1.807) is 12.4 Å². The Morgan fingerprint density at radius 2 is 1.84 bits per heavy atom. The number of rotatable bonds is 3. The quantitative estimate of drug-likeness (QED) is 0.918. The lowest BCUT2D eigenvalue weighted by Gasteiger charge is -2.19. The van der Waals surface area contributed by atoms with E-state index in [0.29, 0.717) is 12.6 Å². The fraction of sp³-hybridized carbons (Fsp3) is 0.333. The maximum absolute atomic E-state index is 5.65. The van der Waals surface area contributed by atoms with E-state index in [0.717, 1.165) is 11.3 Å². The van der Waals surface area contributed by atoms with Gasteiger partial charge in [-0.15, -0.1) is 0 Å². The first kappa shape index (κ1) is 13.5. The molecule has 2 rings (SSSR count). The Morgan fingerprint density at radius 1 is 1.16 bits per heavy atom. The van der Waals surface area contributed by atoms with Gasteiger partial charge in [0.15, 0.2) is 0 Å². The maximum Gasteiger partial charge on any atom is 0.321 e. The molecule has 4 nitrogen and oxygen atoms in total. The normalized spacial score (nSPS) is 11.4. The molecular weight excluding hydrogens is 238 g/mol. The molecule has 0 amide bonds. The van der Waals surface area contributed by atoms with Gasteiger partial charge in [0.05, 0.1) is 0 Å². The van der Waals surface area contributed by atoms with Crippen molar-refractivity contribution in [2.45, 2.75) is 32.7 Å². The van der Waals surface area contributed by atoms with Crippen LogP contribution in [0.15, 0.2) is 36.7 Å². The zero-order valence-electron chi connectivity index (χ0n) is 11.6. The summed E-state index contributed by atoms with van der Waals surface area (Å²) >= 11 is 0. The second-order valence-corrected chi connectivity index (χ2v) is 5.46. The first-order valence-electron chi connectivity index (χ1n) is 6.28. The highest BCUT2D eigenvalue weighted by Gasteiger charge is 2.14. The Kier molecular flexibility index (Phi) is 3.81. The van der Waals surface area contributed by atoms with Gasteiger partial charge in [-0.2, -0.15) is 0 Å². The molecule has 19 heavy (non-hydrogen) atoms. The first-order chi connectivity index (χ1) is 8.99. The van der Waals surface area contributed by atoms with Crippen molar-refractivity contribution in [2.24, 2.45) is 5.73 Å². The molecule has 0 aliphatic heterocycles. The molecular formula is C15H19N3O. The minimum absolute atomic E-state index is 0.0869. The average molecular weight is 257 g/mol. The molecule has 1 aromatic heterocycles. The van der Waals surface area contributed by atoms with E-state index in [4.69, 9.17) is 10.5 Å². The highest BCUT2D eigenvalue weighted by atomic mass is 16.5. The van der Waals surface area contributed by atoms with E-state index in [9.17, 15) is 0 Å².